The topological polar surface area (TPSA) is 63.8 Å². The van der Waals surface area contributed by atoms with Gasteiger partial charge in [0.25, 0.3) is 5.91 Å². The normalized spacial score (nSPS) is 23.2. The van der Waals surface area contributed by atoms with Crippen LogP contribution < -0.4 is 14.4 Å². The molecule has 38 heavy (non-hydrogen) atoms. The first-order valence-corrected chi connectivity index (χ1v) is 12.9. The number of fused-ring (bicyclic) bond motifs is 1. The van der Waals surface area contributed by atoms with Gasteiger partial charge in [0.2, 0.25) is 0 Å². The van der Waals surface area contributed by atoms with Crippen molar-refractivity contribution in [2.75, 3.05) is 31.3 Å². The molecule has 0 saturated carbocycles. The van der Waals surface area contributed by atoms with E-state index < -0.39 is 5.41 Å². The fourth-order valence-corrected chi connectivity index (χ4v) is 5.25. The molecule has 3 aliphatic heterocycles. The molecule has 6 nitrogen and oxygen atoms in total. The van der Waals surface area contributed by atoms with E-state index in [1.807, 2.05) is 102 Å². The van der Waals surface area contributed by atoms with Gasteiger partial charge in [0, 0.05) is 11.3 Å². The number of para-hydroxylation sites is 2. The summed E-state index contributed by atoms with van der Waals surface area (Å²) in [6.07, 6.45) is 0.354. The number of ether oxygens (including phenoxy) is 4. The van der Waals surface area contributed by atoms with Gasteiger partial charge in [0.05, 0.1) is 18.9 Å². The molecule has 2 atom stereocenters. The van der Waals surface area contributed by atoms with Crippen molar-refractivity contribution in [3.05, 3.63) is 120 Å². The van der Waals surface area contributed by atoms with Crippen molar-refractivity contribution in [2.45, 2.75) is 17.6 Å². The number of nitrogens with zero attached hydrogens (tertiary/aromatic N) is 1. The standard InChI is InChI=1S/C32H27NO5/c34-31-32(22-10-14-25(15-11-22)35-18-27-20-37-27,23-12-16-26(17-13-23)36-19-28-21-38-28)29-8-4-5-9-30(29)33(31)24-6-2-1-3-7-24/h1-17,27-28H,18-21H2. The summed E-state index contributed by atoms with van der Waals surface area (Å²) in [5.74, 6) is 1.48. The quantitative estimate of drug-likeness (QED) is 0.291. The van der Waals surface area contributed by atoms with Gasteiger partial charge in [0.1, 0.15) is 42.3 Å². The molecule has 2 fully saturated rings. The minimum absolute atomic E-state index is 0.0232. The van der Waals surface area contributed by atoms with Gasteiger partial charge < -0.3 is 18.9 Å². The second kappa shape index (κ2) is 9.31. The number of hydrogen-bond acceptors (Lipinski definition) is 5. The lowest BCUT2D eigenvalue weighted by Gasteiger charge is -2.30. The summed E-state index contributed by atoms with van der Waals surface area (Å²) in [4.78, 5) is 16.6. The van der Waals surface area contributed by atoms with E-state index in [1.54, 1.807) is 0 Å². The third kappa shape index (κ3) is 4.02. The Morgan fingerprint density at radius 1 is 0.684 bits per heavy atom. The second-order valence-corrected chi connectivity index (χ2v) is 9.82. The number of hydrogen-bond donors (Lipinski definition) is 0. The van der Waals surface area contributed by atoms with Crippen LogP contribution in [0, 0.1) is 0 Å². The summed E-state index contributed by atoms with van der Waals surface area (Å²) in [5, 5.41) is 0. The maximum absolute atomic E-state index is 14.7. The third-order valence-corrected chi connectivity index (χ3v) is 7.34. The SMILES string of the molecule is O=C1N(c2ccccc2)c2ccccc2C1(c1ccc(OCC2CO2)cc1)c1ccc(OCC2CO2)cc1. The molecule has 4 aromatic rings. The molecule has 2 saturated heterocycles. The van der Waals surface area contributed by atoms with Crippen LogP contribution in [0.4, 0.5) is 11.4 Å². The summed E-state index contributed by atoms with van der Waals surface area (Å²) in [6, 6.07) is 33.6. The van der Waals surface area contributed by atoms with Crippen LogP contribution in [-0.4, -0.2) is 44.5 Å². The average molecular weight is 506 g/mol. The van der Waals surface area contributed by atoms with Gasteiger partial charge >= 0.3 is 0 Å². The van der Waals surface area contributed by atoms with Crippen molar-refractivity contribution in [1.82, 2.24) is 0 Å². The molecule has 190 valence electrons. The van der Waals surface area contributed by atoms with Gasteiger partial charge in [-0.3, -0.25) is 9.69 Å². The van der Waals surface area contributed by atoms with Crippen LogP contribution in [0.5, 0.6) is 11.5 Å². The van der Waals surface area contributed by atoms with Crippen molar-refractivity contribution < 1.29 is 23.7 Å². The van der Waals surface area contributed by atoms with Gasteiger partial charge in [-0.15, -0.1) is 0 Å². The number of carbonyl (C=O) groups excluding carboxylic acids is 1. The Kier molecular flexibility index (Phi) is 5.64. The minimum atomic E-state index is -1.04. The van der Waals surface area contributed by atoms with Gasteiger partial charge in [-0.1, -0.05) is 60.7 Å². The molecule has 2 unspecified atom stereocenters. The van der Waals surface area contributed by atoms with Crippen molar-refractivity contribution >= 4 is 17.3 Å². The first-order valence-electron chi connectivity index (χ1n) is 12.9. The Balaban J connectivity index is 1.34. The highest BCUT2D eigenvalue weighted by Crippen LogP contribution is 2.53. The number of amides is 1. The molecule has 0 radical (unpaired) electrons. The summed E-state index contributed by atoms with van der Waals surface area (Å²) >= 11 is 0. The van der Waals surface area contributed by atoms with E-state index in [-0.39, 0.29) is 18.1 Å². The molecule has 7 rings (SSSR count). The zero-order valence-electron chi connectivity index (χ0n) is 20.8. The smallest absolute Gasteiger partial charge is 0.251 e. The molecule has 0 bridgehead atoms. The Morgan fingerprint density at radius 3 is 1.71 bits per heavy atom. The number of benzene rings is 4. The molecule has 4 aromatic carbocycles. The van der Waals surface area contributed by atoms with Crippen LogP contribution in [0.25, 0.3) is 0 Å². The van der Waals surface area contributed by atoms with E-state index in [4.69, 9.17) is 18.9 Å². The first kappa shape index (κ1) is 23.0. The van der Waals surface area contributed by atoms with Crippen LogP contribution in [0.2, 0.25) is 0 Å². The highest BCUT2D eigenvalue weighted by Gasteiger charge is 2.53. The van der Waals surface area contributed by atoms with Gasteiger partial charge in [-0.25, -0.2) is 0 Å². The monoisotopic (exact) mass is 505 g/mol. The zero-order chi connectivity index (χ0) is 25.5. The Labute approximate surface area is 221 Å². The van der Waals surface area contributed by atoms with Crippen LogP contribution in [0.3, 0.4) is 0 Å². The summed E-state index contributed by atoms with van der Waals surface area (Å²) in [7, 11) is 0. The Hall–Kier alpha value is -4.13. The molecule has 0 aromatic heterocycles. The molecule has 3 heterocycles. The van der Waals surface area contributed by atoms with Crippen molar-refractivity contribution in [1.29, 1.82) is 0 Å². The van der Waals surface area contributed by atoms with Crippen LogP contribution >= 0.6 is 0 Å². The lowest BCUT2D eigenvalue weighted by Crippen LogP contribution is -2.40. The van der Waals surface area contributed by atoms with E-state index in [0.717, 1.165) is 52.8 Å². The average Bonchev–Trinajstić information content (AvgIpc) is 3.90. The van der Waals surface area contributed by atoms with Gasteiger partial charge in [-0.2, -0.15) is 0 Å². The maximum atomic E-state index is 14.7. The Bertz CT molecular complexity index is 1380. The van der Waals surface area contributed by atoms with E-state index in [9.17, 15) is 4.79 Å². The summed E-state index contributed by atoms with van der Waals surface area (Å²) in [6.45, 7) is 2.55. The second-order valence-electron chi connectivity index (χ2n) is 9.82. The molecule has 0 N–H and O–H groups in total. The van der Waals surface area contributed by atoms with E-state index in [0.29, 0.717) is 13.2 Å². The third-order valence-electron chi connectivity index (χ3n) is 7.34. The van der Waals surface area contributed by atoms with Gasteiger partial charge in [0.15, 0.2) is 0 Å². The lowest BCUT2D eigenvalue weighted by molar-refractivity contribution is -0.120. The van der Waals surface area contributed by atoms with Crippen molar-refractivity contribution in [3.8, 4) is 11.5 Å². The predicted octanol–water partition coefficient (Wildman–Crippen LogP) is 5.25. The highest BCUT2D eigenvalue weighted by atomic mass is 16.6. The summed E-state index contributed by atoms with van der Waals surface area (Å²) < 4.78 is 22.3. The maximum Gasteiger partial charge on any atom is 0.251 e. The first-order chi connectivity index (χ1) is 18.7. The lowest BCUT2D eigenvalue weighted by atomic mass is 9.70. The number of rotatable bonds is 9. The predicted molar refractivity (Wildman–Crippen MR) is 143 cm³/mol. The van der Waals surface area contributed by atoms with Gasteiger partial charge in [-0.05, 0) is 53.6 Å². The van der Waals surface area contributed by atoms with Crippen LogP contribution in [-0.2, 0) is 19.7 Å². The molecular formula is C32H27NO5. The molecule has 0 aliphatic carbocycles. The summed E-state index contributed by atoms with van der Waals surface area (Å²) in [5.41, 5.74) is 3.37. The minimum Gasteiger partial charge on any atom is -0.491 e. The van der Waals surface area contributed by atoms with E-state index in [1.165, 1.54) is 0 Å². The fourth-order valence-electron chi connectivity index (χ4n) is 5.25. The molecule has 1 amide bonds. The van der Waals surface area contributed by atoms with Crippen molar-refractivity contribution in [2.24, 2.45) is 0 Å². The largest absolute Gasteiger partial charge is 0.491 e. The number of epoxide rings is 2. The Morgan fingerprint density at radius 2 is 1.18 bits per heavy atom. The van der Waals surface area contributed by atoms with Crippen molar-refractivity contribution in [3.63, 3.8) is 0 Å². The zero-order valence-corrected chi connectivity index (χ0v) is 20.8. The molecule has 6 heteroatoms. The van der Waals surface area contributed by atoms with E-state index in [2.05, 4.69) is 6.07 Å². The highest BCUT2D eigenvalue weighted by molar-refractivity contribution is 6.17. The van der Waals surface area contributed by atoms with Crippen LogP contribution in [0.15, 0.2) is 103 Å². The molecule has 3 aliphatic rings. The molecule has 0 spiro atoms. The van der Waals surface area contributed by atoms with Crippen LogP contribution in [0.1, 0.15) is 16.7 Å². The number of carbonyl (C=O) groups is 1. The molecular weight excluding hydrogens is 478 g/mol. The number of anilines is 2. The van der Waals surface area contributed by atoms with E-state index >= 15 is 0 Å². The fraction of sp³-hybridized carbons (Fsp3) is 0.219.